The number of imide groups is 1. The minimum atomic E-state index is -1.10. The Hall–Kier alpha value is -1.93. The third-order valence-electron chi connectivity index (χ3n) is 5.17. The van der Waals surface area contributed by atoms with Crippen molar-refractivity contribution in [2.75, 3.05) is 41.5 Å². The van der Waals surface area contributed by atoms with Gasteiger partial charge in [0.15, 0.2) is 11.2 Å². The van der Waals surface area contributed by atoms with Crippen LogP contribution in [0, 0.1) is 0 Å². The number of esters is 1. The highest BCUT2D eigenvalue weighted by molar-refractivity contribution is 6.12. The molecule has 120 valence electrons. The van der Waals surface area contributed by atoms with Gasteiger partial charge in [-0.1, -0.05) is 6.92 Å². The van der Waals surface area contributed by atoms with Crippen molar-refractivity contribution in [1.29, 1.82) is 0 Å². The van der Waals surface area contributed by atoms with Gasteiger partial charge in [-0.15, -0.1) is 0 Å². The van der Waals surface area contributed by atoms with Gasteiger partial charge in [-0.05, 0) is 19.7 Å². The van der Waals surface area contributed by atoms with Crippen LogP contribution in [0.4, 0.5) is 4.79 Å². The molecule has 2 saturated heterocycles. The molecule has 0 aromatic rings. The number of urea groups is 1. The second kappa shape index (κ2) is 4.30. The first-order valence-corrected chi connectivity index (χ1v) is 7.14. The Kier molecular flexibility index (Phi) is 2.93. The van der Waals surface area contributed by atoms with Crippen molar-refractivity contribution < 1.29 is 19.1 Å². The minimum Gasteiger partial charge on any atom is -0.466 e. The van der Waals surface area contributed by atoms with Gasteiger partial charge in [0.2, 0.25) is 0 Å². The molecule has 8 nitrogen and oxygen atoms in total. The second-order valence-electron chi connectivity index (χ2n) is 5.89. The van der Waals surface area contributed by atoms with E-state index in [1.54, 1.807) is 13.1 Å². The smallest absolute Gasteiger partial charge is 0.337 e. The molecule has 0 unspecified atom stereocenters. The lowest BCUT2D eigenvalue weighted by Gasteiger charge is -2.62. The molecule has 3 amide bonds. The maximum Gasteiger partial charge on any atom is 0.337 e. The van der Waals surface area contributed by atoms with Gasteiger partial charge in [-0.2, -0.15) is 0 Å². The average molecular weight is 308 g/mol. The second-order valence-corrected chi connectivity index (χ2v) is 5.89. The average Bonchev–Trinajstić information content (AvgIpc) is 2.68. The summed E-state index contributed by atoms with van der Waals surface area (Å²) in [5, 5.41) is 0. The number of nitrogens with zero attached hydrogens (tertiary/aromatic N) is 4. The molecule has 2 aliphatic heterocycles. The topological polar surface area (TPSA) is 73.4 Å². The van der Waals surface area contributed by atoms with Crippen LogP contribution in [0.15, 0.2) is 11.6 Å². The molecule has 0 radical (unpaired) electrons. The standard InChI is InChI=1S/C14H20N4O4/c1-6-18-8-15(2)14-9(10(19)22-5)7-13(14,18)11(20)16(3)12(21)17(14)4/h7H,6,8H2,1-5H3/t13-,14+/m0/s1. The molecule has 0 spiro atoms. The molecule has 2 heterocycles. The molecule has 3 rings (SSSR count). The van der Waals surface area contributed by atoms with E-state index in [-0.39, 0.29) is 5.91 Å². The van der Waals surface area contributed by atoms with Crippen molar-refractivity contribution in [2.24, 2.45) is 0 Å². The number of methoxy groups -OCH3 is 1. The van der Waals surface area contributed by atoms with Crippen LogP contribution in [0.2, 0.25) is 0 Å². The van der Waals surface area contributed by atoms with Crippen molar-refractivity contribution in [3.05, 3.63) is 11.6 Å². The molecular weight excluding hydrogens is 288 g/mol. The number of likely N-dealkylation sites (N-methyl/N-ethyl adjacent to an activating group) is 4. The molecule has 0 saturated carbocycles. The van der Waals surface area contributed by atoms with Crippen LogP contribution in [0.3, 0.4) is 0 Å². The van der Waals surface area contributed by atoms with Gasteiger partial charge in [0.25, 0.3) is 5.91 Å². The first kappa shape index (κ1) is 15.0. The quantitative estimate of drug-likeness (QED) is 0.627. The van der Waals surface area contributed by atoms with E-state index >= 15 is 0 Å². The zero-order valence-corrected chi connectivity index (χ0v) is 13.4. The summed E-state index contributed by atoms with van der Waals surface area (Å²) >= 11 is 0. The molecule has 0 aromatic carbocycles. The lowest BCUT2D eigenvalue weighted by Crippen LogP contribution is -2.85. The molecule has 3 aliphatic rings. The van der Waals surface area contributed by atoms with Crippen LogP contribution in [0.25, 0.3) is 0 Å². The summed E-state index contributed by atoms with van der Waals surface area (Å²) in [7, 11) is 6.19. The van der Waals surface area contributed by atoms with E-state index in [1.165, 1.54) is 19.1 Å². The highest BCUT2D eigenvalue weighted by Crippen LogP contribution is 2.57. The first-order chi connectivity index (χ1) is 10.3. The van der Waals surface area contributed by atoms with Crippen LogP contribution in [0.5, 0.6) is 0 Å². The number of carbonyl (C=O) groups is 3. The summed E-state index contributed by atoms with van der Waals surface area (Å²) in [5.41, 5.74) is -1.79. The molecule has 22 heavy (non-hydrogen) atoms. The van der Waals surface area contributed by atoms with Gasteiger partial charge in [0, 0.05) is 14.1 Å². The lowest BCUT2D eigenvalue weighted by molar-refractivity contribution is -0.157. The highest BCUT2D eigenvalue weighted by atomic mass is 16.5. The molecule has 2 atom stereocenters. The van der Waals surface area contributed by atoms with Crippen molar-refractivity contribution >= 4 is 17.9 Å². The van der Waals surface area contributed by atoms with Gasteiger partial charge in [0.1, 0.15) is 0 Å². The summed E-state index contributed by atoms with van der Waals surface area (Å²) in [6, 6.07) is -0.431. The minimum absolute atomic E-state index is 0.311. The first-order valence-electron chi connectivity index (χ1n) is 7.14. The highest BCUT2D eigenvalue weighted by Gasteiger charge is 2.79. The molecule has 8 heteroatoms. The van der Waals surface area contributed by atoms with E-state index < -0.39 is 23.2 Å². The van der Waals surface area contributed by atoms with Crippen molar-refractivity contribution in [2.45, 2.75) is 18.1 Å². The number of ether oxygens (including phenoxy) is 1. The van der Waals surface area contributed by atoms with Crippen LogP contribution in [-0.4, -0.2) is 90.2 Å². The van der Waals surface area contributed by atoms with Gasteiger partial charge >= 0.3 is 12.0 Å². The monoisotopic (exact) mass is 308 g/mol. The van der Waals surface area contributed by atoms with E-state index in [9.17, 15) is 14.4 Å². The Morgan fingerprint density at radius 3 is 2.50 bits per heavy atom. The lowest BCUT2D eigenvalue weighted by atomic mass is 9.64. The van der Waals surface area contributed by atoms with E-state index in [1.807, 2.05) is 23.8 Å². The van der Waals surface area contributed by atoms with Gasteiger partial charge < -0.3 is 9.64 Å². The number of rotatable bonds is 2. The van der Waals surface area contributed by atoms with Crippen molar-refractivity contribution in [3.63, 3.8) is 0 Å². The Morgan fingerprint density at radius 1 is 1.32 bits per heavy atom. The molecule has 2 fully saturated rings. The largest absolute Gasteiger partial charge is 0.466 e. The van der Waals surface area contributed by atoms with Crippen LogP contribution in [0.1, 0.15) is 6.92 Å². The molecule has 1 aliphatic carbocycles. The Bertz CT molecular complexity index is 618. The fourth-order valence-electron chi connectivity index (χ4n) is 4.22. The number of carbonyl (C=O) groups excluding carboxylic acids is 3. The molecule has 0 bridgehead atoms. The number of hydrogen-bond donors (Lipinski definition) is 0. The Labute approximate surface area is 128 Å². The third kappa shape index (κ3) is 1.21. The number of amides is 3. The maximum atomic E-state index is 12.9. The van der Waals surface area contributed by atoms with Gasteiger partial charge in [0.05, 0.1) is 19.4 Å². The maximum absolute atomic E-state index is 12.9. The van der Waals surface area contributed by atoms with Gasteiger partial charge in [-0.3, -0.25) is 19.5 Å². The third-order valence-corrected chi connectivity index (χ3v) is 5.17. The summed E-state index contributed by atoms with van der Waals surface area (Å²) in [5.74, 6) is -0.827. The molecule has 0 aromatic heterocycles. The number of hydrogen-bond acceptors (Lipinski definition) is 6. The van der Waals surface area contributed by atoms with Crippen molar-refractivity contribution in [3.8, 4) is 0 Å². The predicted molar refractivity (Wildman–Crippen MR) is 76.5 cm³/mol. The van der Waals surface area contributed by atoms with Crippen LogP contribution < -0.4 is 0 Å². The molecule has 0 N–H and O–H groups in total. The van der Waals surface area contributed by atoms with Crippen molar-refractivity contribution in [1.82, 2.24) is 19.6 Å². The summed E-state index contributed by atoms with van der Waals surface area (Å²) in [4.78, 5) is 44.0. The zero-order valence-electron chi connectivity index (χ0n) is 13.4. The SMILES string of the molecule is CCN1CN(C)[C@@]23C(C(=O)OC)=C[C@@]12C(=O)N(C)C(=O)N3C. The van der Waals surface area contributed by atoms with E-state index in [0.717, 1.165) is 4.90 Å². The normalized spacial score (nSPS) is 35.0. The van der Waals surface area contributed by atoms with E-state index in [0.29, 0.717) is 18.8 Å². The Balaban J connectivity index is 2.28. The van der Waals surface area contributed by atoms with E-state index in [2.05, 4.69) is 0 Å². The van der Waals surface area contributed by atoms with Crippen LogP contribution >= 0.6 is 0 Å². The Morgan fingerprint density at radius 2 is 1.95 bits per heavy atom. The fourth-order valence-corrected chi connectivity index (χ4v) is 4.22. The van der Waals surface area contributed by atoms with Crippen LogP contribution in [-0.2, 0) is 14.3 Å². The molecular formula is C14H20N4O4. The predicted octanol–water partition coefficient (Wildman–Crippen LogP) is -0.717. The summed E-state index contributed by atoms with van der Waals surface area (Å²) in [6.07, 6.45) is 1.65. The fraction of sp³-hybridized carbons (Fsp3) is 0.643. The summed E-state index contributed by atoms with van der Waals surface area (Å²) < 4.78 is 4.85. The van der Waals surface area contributed by atoms with E-state index in [4.69, 9.17) is 4.74 Å². The zero-order chi connectivity index (χ0) is 16.4. The summed E-state index contributed by atoms with van der Waals surface area (Å²) in [6.45, 7) is 3.05. The van der Waals surface area contributed by atoms with Gasteiger partial charge in [-0.25, -0.2) is 9.59 Å².